The molecule has 20 heavy (non-hydrogen) atoms. The number of hydrogen-bond acceptors (Lipinski definition) is 2. The summed E-state index contributed by atoms with van der Waals surface area (Å²) in [4.78, 5) is 23.1. The van der Waals surface area contributed by atoms with Crippen molar-refractivity contribution in [2.24, 2.45) is 0 Å². The van der Waals surface area contributed by atoms with Gasteiger partial charge in [-0.3, -0.25) is 0 Å². The maximum Gasteiger partial charge on any atom is 0.337 e. The predicted molar refractivity (Wildman–Crippen MR) is 77.8 cm³/mol. The average Bonchev–Trinajstić information content (AvgIpc) is 2.30. The molecule has 0 spiro atoms. The van der Waals surface area contributed by atoms with E-state index in [1.807, 2.05) is 6.92 Å². The number of nitrogens with one attached hydrogen (secondary N) is 2. The zero-order valence-electron chi connectivity index (χ0n) is 10.8. The minimum Gasteiger partial charge on any atom is -0.478 e. The number of hydrogen-bond donors (Lipinski definition) is 3. The van der Waals surface area contributed by atoms with Crippen LogP contribution in [0.15, 0.2) is 12.1 Å². The number of anilines is 1. The molecule has 0 saturated heterocycles. The van der Waals surface area contributed by atoms with Crippen molar-refractivity contribution in [3.8, 4) is 0 Å². The SMILES string of the molecule is CC1(NC(=O)Nc2c(Cl)cc(Cl)cc2C(=O)O)CCC1. The molecular formula is C13H14Cl2N2O3. The molecule has 0 atom stereocenters. The van der Waals surface area contributed by atoms with E-state index < -0.39 is 12.0 Å². The Balaban J connectivity index is 2.20. The van der Waals surface area contributed by atoms with Crippen LogP contribution >= 0.6 is 23.2 Å². The van der Waals surface area contributed by atoms with Crippen LogP contribution in [0.5, 0.6) is 0 Å². The molecule has 108 valence electrons. The lowest BCUT2D eigenvalue weighted by Crippen LogP contribution is -2.52. The molecule has 3 N–H and O–H groups in total. The fraction of sp³-hybridized carbons (Fsp3) is 0.385. The number of carboxylic acid groups (broad SMARTS) is 1. The van der Waals surface area contributed by atoms with E-state index in [9.17, 15) is 9.59 Å². The Bertz CT molecular complexity index is 571. The summed E-state index contributed by atoms with van der Waals surface area (Å²) >= 11 is 11.7. The third kappa shape index (κ3) is 3.16. The molecule has 0 unspecified atom stereocenters. The van der Waals surface area contributed by atoms with Gasteiger partial charge in [-0.2, -0.15) is 0 Å². The molecule has 1 aromatic carbocycles. The van der Waals surface area contributed by atoms with Crippen LogP contribution < -0.4 is 10.6 Å². The van der Waals surface area contributed by atoms with Crippen LogP contribution in [0.1, 0.15) is 36.5 Å². The van der Waals surface area contributed by atoms with E-state index in [-0.39, 0.29) is 26.8 Å². The van der Waals surface area contributed by atoms with Crippen molar-refractivity contribution in [3.05, 3.63) is 27.7 Å². The summed E-state index contributed by atoms with van der Waals surface area (Å²) < 4.78 is 0. The third-order valence-electron chi connectivity index (χ3n) is 3.40. The summed E-state index contributed by atoms with van der Waals surface area (Å²) in [5.41, 5.74) is -0.327. The van der Waals surface area contributed by atoms with Gasteiger partial charge in [0.25, 0.3) is 0 Å². The molecule has 2 rings (SSSR count). The highest BCUT2D eigenvalue weighted by Gasteiger charge is 2.33. The number of amides is 2. The van der Waals surface area contributed by atoms with Gasteiger partial charge in [0, 0.05) is 10.6 Å². The molecular weight excluding hydrogens is 303 g/mol. The van der Waals surface area contributed by atoms with Gasteiger partial charge < -0.3 is 15.7 Å². The number of carboxylic acids is 1. The third-order valence-corrected chi connectivity index (χ3v) is 3.91. The Morgan fingerprint density at radius 2 is 1.95 bits per heavy atom. The van der Waals surface area contributed by atoms with Gasteiger partial charge in [-0.25, -0.2) is 9.59 Å². The number of benzene rings is 1. The maximum atomic E-state index is 11.9. The zero-order valence-corrected chi connectivity index (χ0v) is 12.3. The van der Waals surface area contributed by atoms with Gasteiger partial charge in [-0.15, -0.1) is 0 Å². The van der Waals surface area contributed by atoms with Crippen molar-refractivity contribution in [2.75, 3.05) is 5.32 Å². The Morgan fingerprint density at radius 1 is 1.30 bits per heavy atom. The maximum absolute atomic E-state index is 11.9. The quantitative estimate of drug-likeness (QED) is 0.794. The van der Waals surface area contributed by atoms with Crippen molar-refractivity contribution in [1.29, 1.82) is 0 Å². The summed E-state index contributed by atoms with van der Waals surface area (Å²) in [5.74, 6) is -1.21. The number of halogens is 2. The van der Waals surface area contributed by atoms with Crippen LogP contribution in [-0.2, 0) is 0 Å². The molecule has 0 aromatic heterocycles. The van der Waals surface area contributed by atoms with E-state index in [1.165, 1.54) is 12.1 Å². The average molecular weight is 317 g/mol. The standard InChI is InChI=1S/C13H14Cl2N2O3/c1-13(3-2-4-13)17-12(20)16-10-8(11(18)19)5-7(14)6-9(10)15/h5-6H,2-4H2,1H3,(H,18,19)(H2,16,17,20). The summed E-state index contributed by atoms with van der Waals surface area (Å²) in [7, 11) is 0. The van der Waals surface area contributed by atoms with Crippen molar-refractivity contribution < 1.29 is 14.7 Å². The molecule has 2 amide bonds. The Kier molecular flexibility index (Phi) is 4.11. The summed E-state index contributed by atoms with van der Waals surface area (Å²) in [6.07, 6.45) is 2.87. The van der Waals surface area contributed by atoms with E-state index in [2.05, 4.69) is 10.6 Å². The van der Waals surface area contributed by atoms with Crippen LogP contribution in [0, 0.1) is 0 Å². The van der Waals surface area contributed by atoms with Crippen molar-refractivity contribution in [1.82, 2.24) is 5.32 Å². The van der Waals surface area contributed by atoms with E-state index in [0.29, 0.717) is 0 Å². The van der Waals surface area contributed by atoms with Gasteiger partial charge in [-0.05, 0) is 38.3 Å². The molecule has 1 aliphatic rings. The van der Waals surface area contributed by atoms with Gasteiger partial charge in [-0.1, -0.05) is 23.2 Å². The minimum absolute atomic E-state index is 0.0454. The number of carbonyl (C=O) groups is 2. The first-order chi connectivity index (χ1) is 9.31. The Labute approximate surface area is 126 Å². The van der Waals surface area contributed by atoms with Crippen molar-refractivity contribution in [2.45, 2.75) is 31.7 Å². The highest BCUT2D eigenvalue weighted by molar-refractivity contribution is 6.37. The van der Waals surface area contributed by atoms with Crippen LogP contribution in [0.2, 0.25) is 10.0 Å². The van der Waals surface area contributed by atoms with E-state index in [0.717, 1.165) is 19.3 Å². The van der Waals surface area contributed by atoms with Crippen molar-refractivity contribution in [3.63, 3.8) is 0 Å². The van der Waals surface area contributed by atoms with Gasteiger partial charge in [0.1, 0.15) is 0 Å². The summed E-state index contributed by atoms with van der Waals surface area (Å²) in [6.45, 7) is 1.94. The Hall–Kier alpha value is -1.46. The topological polar surface area (TPSA) is 78.4 Å². The smallest absolute Gasteiger partial charge is 0.337 e. The normalized spacial score (nSPS) is 16.1. The highest BCUT2D eigenvalue weighted by Crippen LogP contribution is 2.32. The monoisotopic (exact) mass is 316 g/mol. The molecule has 1 fully saturated rings. The first-order valence-corrected chi connectivity index (χ1v) is 6.88. The summed E-state index contributed by atoms with van der Waals surface area (Å²) in [5, 5.41) is 14.7. The second kappa shape index (κ2) is 5.50. The van der Waals surface area contributed by atoms with E-state index in [1.54, 1.807) is 0 Å². The Morgan fingerprint density at radius 3 is 2.45 bits per heavy atom. The zero-order chi connectivity index (χ0) is 14.9. The lowest BCUT2D eigenvalue weighted by molar-refractivity contribution is 0.0698. The van der Waals surface area contributed by atoms with Crippen LogP contribution in [0.3, 0.4) is 0 Å². The molecule has 7 heteroatoms. The predicted octanol–water partition coefficient (Wildman–Crippen LogP) is 3.76. The molecule has 1 saturated carbocycles. The number of aromatic carboxylic acids is 1. The molecule has 1 aliphatic carbocycles. The van der Waals surface area contributed by atoms with E-state index in [4.69, 9.17) is 28.3 Å². The van der Waals surface area contributed by atoms with Crippen LogP contribution in [-0.4, -0.2) is 22.6 Å². The fourth-order valence-corrected chi connectivity index (χ4v) is 2.66. The number of rotatable bonds is 3. The first-order valence-electron chi connectivity index (χ1n) is 6.12. The molecule has 0 radical (unpaired) electrons. The molecule has 0 heterocycles. The minimum atomic E-state index is -1.21. The van der Waals surface area contributed by atoms with Gasteiger partial charge in [0.2, 0.25) is 0 Å². The molecule has 0 aliphatic heterocycles. The fourth-order valence-electron chi connectivity index (χ4n) is 2.12. The van der Waals surface area contributed by atoms with Crippen LogP contribution in [0.25, 0.3) is 0 Å². The molecule has 5 nitrogen and oxygen atoms in total. The molecule has 1 aromatic rings. The number of carbonyl (C=O) groups excluding carboxylic acids is 1. The van der Waals surface area contributed by atoms with Gasteiger partial charge in [0.05, 0.1) is 16.3 Å². The van der Waals surface area contributed by atoms with Gasteiger partial charge >= 0.3 is 12.0 Å². The lowest BCUT2D eigenvalue weighted by atomic mass is 9.79. The second-order valence-corrected chi connectivity index (χ2v) is 5.95. The largest absolute Gasteiger partial charge is 0.478 e. The van der Waals surface area contributed by atoms with Crippen molar-refractivity contribution >= 4 is 40.9 Å². The lowest BCUT2D eigenvalue weighted by Gasteiger charge is -2.39. The van der Waals surface area contributed by atoms with E-state index >= 15 is 0 Å². The van der Waals surface area contributed by atoms with Gasteiger partial charge in [0.15, 0.2) is 0 Å². The van der Waals surface area contributed by atoms with Crippen LogP contribution in [0.4, 0.5) is 10.5 Å². The first kappa shape index (κ1) is 14.9. The number of urea groups is 1. The molecule has 0 bridgehead atoms. The summed E-state index contributed by atoms with van der Waals surface area (Å²) in [6, 6.07) is 2.16. The second-order valence-electron chi connectivity index (χ2n) is 5.11. The highest BCUT2D eigenvalue weighted by atomic mass is 35.5.